The molecule has 104 valence electrons. The monoisotopic (exact) mass is 257 g/mol. The van der Waals surface area contributed by atoms with Gasteiger partial charge in [-0.3, -0.25) is 0 Å². The highest BCUT2D eigenvalue weighted by Crippen LogP contribution is 2.35. The van der Waals surface area contributed by atoms with Crippen molar-refractivity contribution in [1.82, 2.24) is 5.32 Å². The molecule has 0 aromatic heterocycles. The van der Waals surface area contributed by atoms with E-state index in [2.05, 4.69) is 42.6 Å². The van der Waals surface area contributed by atoms with Crippen molar-refractivity contribution in [2.24, 2.45) is 5.92 Å². The largest absolute Gasteiger partial charge is 0.311 e. The fourth-order valence-electron chi connectivity index (χ4n) is 4.09. The van der Waals surface area contributed by atoms with Crippen LogP contribution in [0.4, 0.5) is 0 Å². The van der Waals surface area contributed by atoms with Crippen LogP contribution >= 0.6 is 0 Å². The average molecular weight is 257 g/mol. The number of benzene rings is 1. The smallest absolute Gasteiger partial charge is 0.0138 e. The van der Waals surface area contributed by atoms with Crippen LogP contribution in [0.3, 0.4) is 0 Å². The normalized spacial score (nSPS) is 35.4. The Hall–Kier alpha value is -0.820. The molecule has 4 unspecified atom stereocenters. The van der Waals surface area contributed by atoms with Crippen LogP contribution in [0.25, 0.3) is 0 Å². The summed E-state index contributed by atoms with van der Waals surface area (Å²) in [5.74, 6) is 1.67. The minimum atomic E-state index is 0.714. The van der Waals surface area contributed by atoms with Gasteiger partial charge >= 0.3 is 0 Å². The fraction of sp³-hybridized carbons (Fsp3) is 0.667. The molecule has 1 heteroatoms. The molecular formula is C18H27N. The van der Waals surface area contributed by atoms with Crippen molar-refractivity contribution in [3.05, 3.63) is 35.9 Å². The molecule has 0 spiro atoms. The van der Waals surface area contributed by atoms with Crippen molar-refractivity contribution >= 4 is 0 Å². The summed E-state index contributed by atoms with van der Waals surface area (Å²) in [7, 11) is 0. The number of hydrogen-bond acceptors (Lipinski definition) is 1. The molecule has 0 aliphatic heterocycles. The van der Waals surface area contributed by atoms with Crippen LogP contribution in [-0.2, 0) is 0 Å². The van der Waals surface area contributed by atoms with Crippen LogP contribution in [0, 0.1) is 5.92 Å². The van der Waals surface area contributed by atoms with Gasteiger partial charge in [0.2, 0.25) is 0 Å². The van der Waals surface area contributed by atoms with Crippen molar-refractivity contribution < 1.29 is 0 Å². The maximum atomic E-state index is 4.00. The maximum Gasteiger partial charge on any atom is 0.0138 e. The molecule has 0 bridgehead atoms. The van der Waals surface area contributed by atoms with Gasteiger partial charge in [0.1, 0.15) is 0 Å². The van der Waals surface area contributed by atoms with Gasteiger partial charge in [0.15, 0.2) is 0 Å². The SMILES string of the molecule is CC1CCC(NC2CCCCC2c2ccccc2)C1. The standard InChI is InChI=1S/C18H27N/c1-14-11-12-16(13-14)19-18-10-6-5-9-17(18)15-7-3-2-4-8-15/h2-4,7-8,14,16-19H,5-6,9-13H2,1H3. The Bertz CT molecular complexity index is 386. The topological polar surface area (TPSA) is 12.0 Å². The van der Waals surface area contributed by atoms with Crippen LogP contribution in [0.5, 0.6) is 0 Å². The predicted molar refractivity (Wildman–Crippen MR) is 81.4 cm³/mol. The Morgan fingerprint density at radius 3 is 2.47 bits per heavy atom. The van der Waals surface area contributed by atoms with Crippen molar-refractivity contribution in [2.45, 2.75) is 69.9 Å². The predicted octanol–water partition coefficient (Wildman–Crippen LogP) is 4.49. The van der Waals surface area contributed by atoms with E-state index in [1.165, 1.54) is 44.9 Å². The lowest BCUT2D eigenvalue weighted by Crippen LogP contribution is -2.42. The summed E-state index contributed by atoms with van der Waals surface area (Å²) in [5.41, 5.74) is 1.55. The zero-order chi connectivity index (χ0) is 13.1. The first-order valence-corrected chi connectivity index (χ1v) is 8.14. The molecule has 1 nitrogen and oxygen atoms in total. The molecule has 0 saturated heterocycles. The van der Waals surface area contributed by atoms with E-state index in [0.29, 0.717) is 6.04 Å². The van der Waals surface area contributed by atoms with Crippen molar-refractivity contribution in [2.75, 3.05) is 0 Å². The van der Waals surface area contributed by atoms with Crippen LogP contribution < -0.4 is 5.32 Å². The summed E-state index contributed by atoms with van der Waals surface area (Å²) >= 11 is 0. The van der Waals surface area contributed by atoms with Gasteiger partial charge in [0.25, 0.3) is 0 Å². The summed E-state index contributed by atoms with van der Waals surface area (Å²) in [6.07, 6.45) is 9.73. The van der Waals surface area contributed by atoms with Crippen LogP contribution in [-0.4, -0.2) is 12.1 Å². The van der Waals surface area contributed by atoms with Gasteiger partial charge in [-0.2, -0.15) is 0 Å². The zero-order valence-corrected chi connectivity index (χ0v) is 12.1. The van der Waals surface area contributed by atoms with E-state index in [1.807, 2.05) is 0 Å². The van der Waals surface area contributed by atoms with E-state index >= 15 is 0 Å². The van der Waals surface area contributed by atoms with E-state index in [1.54, 1.807) is 5.56 Å². The van der Waals surface area contributed by atoms with E-state index in [-0.39, 0.29) is 0 Å². The molecule has 2 aliphatic carbocycles. The third-order valence-corrected chi connectivity index (χ3v) is 5.14. The van der Waals surface area contributed by atoms with Gasteiger partial charge in [-0.1, -0.05) is 50.1 Å². The molecule has 1 N–H and O–H groups in total. The molecule has 0 amide bonds. The summed E-state index contributed by atoms with van der Waals surface area (Å²) in [6.45, 7) is 2.40. The second-order valence-electron chi connectivity index (χ2n) is 6.69. The summed E-state index contributed by atoms with van der Waals surface area (Å²) in [6, 6.07) is 12.7. The summed E-state index contributed by atoms with van der Waals surface area (Å²) in [5, 5.41) is 4.00. The van der Waals surface area contributed by atoms with Crippen molar-refractivity contribution in [3.63, 3.8) is 0 Å². The molecule has 19 heavy (non-hydrogen) atoms. The van der Waals surface area contributed by atoms with Gasteiger partial charge in [0.05, 0.1) is 0 Å². The molecular weight excluding hydrogens is 230 g/mol. The molecule has 1 aromatic carbocycles. The highest BCUT2D eigenvalue weighted by atomic mass is 15.0. The molecule has 4 atom stereocenters. The van der Waals surface area contributed by atoms with Crippen LogP contribution in [0.2, 0.25) is 0 Å². The lowest BCUT2D eigenvalue weighted by molar-refractivity contribution is 0.297. The minimum Gasteiger partial charge on any atom is -0.311 e. The Labute approximate surface area is 117 Å². The summed E-state index contributed by atoms with van der Waals surface area (Å²) < 4.78 is 0. The first-order chi connectivity index (χ1) is 9.33. The molecule has 2 aliphatic rings. The number of hydrogen-bond donors (Lipinski definition) is 1. The Balaban J connectivity index is 1.67. The molecule has 0 radical (unpaired) electrons. The molecule has 3 rings (SSSR count). The maximum absolute atomic E-state index is 4.00. The Morgan fingerprint density at radius 1 is 0.947 bits per heavy atom. The third kappa shape index (κ3) is 3.20. The number of rotatable bonds is 3. The Kier molecular flexibility index (Phi) is 4.22. The van der Waals surface area contributed by atoms with E-state index < -0.39 is 0 Å². The second-order valence-corrected chi connectivity index (χ2v) is 6.69. The lowest BCUT2D eigenvalue weighted by atomic mass is 9.79. The highest BCUT2D eigenvalue weighted by molar-refractivity contribution is 5.22. The first-order valence-electron chi connectivity index (χ1n) is 8.14. The van der Waals surface area contributed by atoms with Crippen molar-refractivity contribution in [3.8, 4) is 0 Å². The lowest BCUT2D eigenvalue weighted by Gasteiger charge is -2.35. The van der Waals surface area contributed by atoms with E-state index in [9.17, 15) is 0 Å². The van der Waals surface area contributed by atoms with E-state index in [0.717, 1.165) is 17.9 Å². The molecule has 1 aromatic rings. The average Bonchev–Trinajstić information content (AvgIpc) is 2.86. The van der Waals surface area contributed by atoms with Crippen molar-refractivity contribution in [1.29, 1.82) is 0 Å². The Morgan fingerprint density at radius 2 is 1.74 bits per heavy atom. The van der Waals surface area contributed by atoms with Gasteiger partial charge in [-0.25, -0.2) is 0 Å². The van der Waals surface area contributed by atoms with Gasteiger partial charge < -0.3 is 5.32 Å². The third-order valence-electron chi connectivity index (χ3n) is 5.14. The second kappa shape index (κ2) is 6.09. The quantitative estimate of drug-likeness (QED) is 0.841. The van der Waals surface area contributed by atoms with Crippen LogP contribution in [0.15, 0.2) is 30.3 Å². The zero-order valence-electron chi connectivity index (χ0n) is 12.1. The molecule has 2 fully saturated rings. The van der Waals surface area contributed by atoms with Gasteiger partial charge in [-0.15, -0.1) is 0 Å². The minimum absolute atomic E-state index is 0.714. The van der Waals surface area contributed by atoms with Gasteiger partial charge in [0, 0.05) is 12.1 Å². The molecule has 0 heterocycles. The fourth-order valence-corrected chi connectivity index (χ4v) is 4.09. The number of nitrogens with one attached hydrogen (secondary N) is 1. The molecule has 2 saturated carbocycles. The summed E-state index contributed by atoms with van der Waals surface area (Å²) in [4.78, 5) is 0. The first kappa shape index (κ1) is 13.2. The van der Waals surface area contributed by atoms with E-state index in [4.69, 9.17) is 0 Å². The van der Waals surface area contributed by atoms with Crippen LogP contribution in [0.1, 0.15) is 63.4 Å². The van der Waals surface area contributed by atoms with Gasteiger partial charge in [-0.05, 0) is 49.5 Å². The highest BCUT2D eigenvalue weighted by Gasteiger charge is 2.30.